The van der Waals surface area contributed by atoms with E-state index in [0.717, 1.165) is 28.1 Å². The highest BCUT2D eigenvalue weighted by Gasteiger charge is 2.25. The van der Waals surface area contributed by atoms with Gasteiger partial charge in [-0.05, 0) is 34.7 Å². The van der Waals surface area contributed by atoms with Gasteiger partial charge in [0, 0.05) is 6.42 Å². The maximum absolute atomic E-state index is 9.62. The minimum absolute atomic E-state index is 0.0947. The van der Waals surface area contributed by atoms with E-state index in [0.29, 0.717) is 5.92 Å². The highest BCUT2D eigenvalue weighted by molar-refractivity contribution is 9.11. The number of hydrogen-bond acceptors (Lipinski definition) is 3. The number of hydrogen-bond donors (Lipinski definition) is 1. The van der Waals surface area contributed by atoms with Gasteiger partial charge in [0.1, 0.15) is 0 Å². The molecule has 1 saturated carbocycles. The van der Waals surface area contributed by atoms with E-state index in [1.54, 1.807) is 11.3 Å². The van der Waals surface area contributed by atoms with E-state index in [-0.39, 0.29) is 6.10 Å². The summed E-state index contributed by atoms with van der Waals surface area (Å²) in [4.78, 5) is 4.27. The minimum atomic E-state index is -0.0947. The fourth-order valence-corrected chi connectivity index (χ4v) is 3.26. The van der Waals surface area contributed by atoms with E-state index >= 15 is 0 Å². The highest BCUT2D eigenvalue weighted by Crippen LogP contribution is 2.30. The Balaban J connectivity index is 1.97. The molecular weight excluding hydrogens is 250 g/mol. The van der Waals surface area contributed by atoms with Crippen LogP contribution in [-0.2, 0) is 6.42 Å². The van der Waals surface area contributed by atoms with E-state index in [2.05, 4.69) is 20.9 Å². The second-order valence-corrected chi connectivity index (χ2v) is 6.02. The topological polar surface area (TPSA) is 33.1 Å². The van der Waals surface area contributed by atoms with E-state index in [1.165, 1.54) is 6.42 Å². The molecule has 0 radical (unpaired) electrons. The summed E-state index contributed by atoms with van der Waals surface area (Å²) in [6.45, 7) is 0. The molecule has 2 rings (SSSR count). The van der Waals surface area contributed by atoms with Gasteiger partial charge >= 0.3 is 0 Å². The van der Waals surface area contributed by atoms with Crippen LogP contribution in [0.5, 0.6) is 0 Å². The molecular formula is C9H12BrNOS. The Morgan fingerprint density at radius 1 is 1.62 bits per heavy atom. The molecule has 0 bridgehead atoms. The van der Waals surface area contributed by atoms with Crippen molar-refractivity contribution in [1.29, 1.82) is 0 Å². The van der Waals surface area contributed by atoms with Crippen molar-refractivity contribution in [3.63, 3.8) is 0 Å². The molecule has 72 valence electrons. The van der Waals surface area contributed by atoms with E-state index in [4.69, 9.17) is 0 Å². The lowest BCUT2D eigenvalue weighted by molar-refractivity contribution is 0.132. The maximum Gasteiger partial charge on any atom is 0.0940 e. The Labute approximate surface area is 90.1 Å². The quantitative estimate of drug-likeness (QED) is 0.888. The fourth-order valence-electron chi connectivity index (χ4n) is 1.86. The van der Waals surface area contributed by atoms with Crippen molar-refractivity contribution in [2.45, 2.75) is 31.8 Å². The van der Waals surface area contributed by atoms with Crippen molar-refractivity contribution in [3.05, 3.63) is 15.0 Å². The van der Waals surface area contributed by atoms with Crippen LogP contribution in [0.1, 0.15) is 24.3 Å². The van der Waals surface area contributed by atoms with Gasteiger partial charge in [0.05, 0.1) is 21.1 Å². The summed E-state index contributed by atoms with van der Waals surface area (Å²) in [5, 5.41) is 10.8. The molecule has 1 heterocycles. The van der Waals surface area contributed by atoms with Gasteiger partial charge in [-0.25, -0.2) is 4.98 Å². The van der Waals surface area contributed by atoms with Crippen molar-refractivity contribution < 1.29 is 5.11 Å². The predicted molar refractivity (Wildman–Crippen MR) is 56.9 cm³/mol. The average molecular weight is 262 g/mol. The van der Waals surface area contributed by atoms with Crippen LogP contribution in [0.3, 0.4) is 0 Å². The Kier molecular flexibility index (Phi) is 3.01. The molecule has 0 saturated heterocycles. The summed E-state index contributed by atoms with van der Waals surface area (Å²) >= 11 is 5.06. The van der Waals surface area contributed by atoms with Crippen molar-refractivity contribution in [3.8, 4) is 0 Å². The molecule has 2 atom stereocenters. The molecule has 1 aliphatic carbocycles. The Morgan fingerprint density at radius 2 is 2.46 bits per heavy atom. The van der Waals surface area contributed by atoms with Crippen molar-refractivity contribution in [2.24, 2.45) is 5.92 Å². The third-order valence-electron chi connectivity index (χ3n) is 2.58. The summed E-state index contributed by atoms with van der Waals surface area (Å²) in [6.07, 6.45) is 5.97. The fraction of sp³-hybridized carbons (Fsp3) is 0.667. The first kappa shape index (κ1) is 9.62. The second kappa shape index (κ2) is 4.07. The molecule has 0 spiro atoms. The zero-order valence-electron chi connectivity index (χ0n) is 7.24. The van der Waals surface area contributed by atoms with Crippen molar-refractivity contribution in [1.82, 2.24) is 4.98 Å². The van der Waals surface area contributed by atoms with Crippen LogP contribution in [0.4, 0.5) is 0 Å². The lowest BCUT2D eigenvalue weighted by Crippen LogP contribution is -2.15. The zero-order chi connectivity index (χ0) is 9.26. The molecule has 2 unspecified atom stereocenters. The third kappa shape index (κ3) is 2.30. The molecule has 1 aromatic heterocycles. The first-order chi connectivity index (χ1) is 6.25. The Morgan fingerprint density at radius 3 is 3.00 bits per heavy atom. The van der Waals surface area contributed by atoms with Crippen LogP contribution >= 0.6 is 27.3 Å². The zero-order valence-corrected chi connectivity index (χ0v) is 9.64. The molecule has 2 nitrogen and oxygen atoms in total. The van der Waals surface area contributed by atoms with Crippen LogP contribution in [0.15, 0.2) is 9.98 Å². The van der Waals surface area contributed by atoms with Gasteiger partial charge in [0.25, 0.3) is 0 Å². The van der Waals surface area contributed by atoms with Crippen LogP contribution in [0, 0.1) is 5.92 Å². The Bertz CT molecular complexity index is 289. The van der Waals surface area contributed by atoms with Gasteiger partial charge < -0.3 is 5.11 Å². The van der Waals surface area contributed by atoms with Crippen LogP contribution in [-0.4, -0.2) is 16.2 Å². The average Bonchev–Trinajstić information content (AvgIpc) is 2.64. The predicted octanol–water partition coefficient (Wildman–Crippen LogP) is 2.61. The SMILES string of the molecule is OC1CCCC1Cc1ncc(Br)s1. The Hall–Kier alpha value is 0.0700. The first-order valence-corrected chi connectivity index (χ1v) is 6.15. The number of rotatable bonds is 2. The largest absolute Gasteiger partial charge is 0.393 e. The summed E-state index contributed by atoms with van der Waals surface area (Å²) in [7, 11) is 0. The van der Waals surface area contributed by atoms with Gasteiger partial charge in [0.2, 0.25) is 0 Å². The summed E-state index contributed by atoms with van der Waals surface area (Å²) < 4.78 is 1.08. The molecule has 1 N–H and O–H groups in total. The molecule has 0 aliphatic heterocycles. The third-order valence-corrected chi connectivity index (χ3v) is 4.08. The molecule has 1 aromatic rings. The van der Waals surface area contributed by atoms with E-state index in [1.807, 2.05) is 6.20 Å². The van der Waals surface area contributed by atoms with Crippen LogP contribution < -0.4 is 0 Å². The second-order valence-electron chi connectivity index (χ2n) is 3.52. The van der Waals surface area contributed by atoms with Gasteiger partial charge in [-0.2, -0.15) is 0 Å². The number of halogens is 1. The summed E-state index contributed by atoms with van der Waals surface area (Å²) in [6, 6.07) is 0. The molecule has 4 heteroatoms. The minimum Gasteiger partial charge on any atom is -0.393 e. The molecule has 1 fully saturated rings. The normalized spacial score (nSPS) is 28.2. The van der Waals surface area contributed by atoms with Gasteiger partial charge in [-0.1, -0.05) is 6.42 Å². The first-order valence-electron chi connectivity index (χ1n) is 4.54. The van der Waals surface area contributed by atoms with Gasteiger partial charge in [0.15, 0.2) is 0 Å². The number of aromatic nitrogens is 1. The monoisotopic (exact) mass is 261 g/mol. The molecule has 13 heavy (non-hydrogen) atoms. The summed E-state index contributed by atoms with van der Waals surface area (Å²) in [5.74, 6) is 0.443. The highest BCUT2D eigenvalue weighted by atomic mass is 79.9. The molecule has 1 aliphatic rings. The van der Waals surface area contributed by atoms with Gasteiger partial charge in [-0.3, -0.25) is 0 Å². The van der Waals surface area contributed by atoms with Crippen LogP contribution in [0.25, 0.3) is 0 Å². The number of nitrogens with zero attached hydrogens (tertiary/aromatic N) is 1. The lowest BCUT2D eigenvalue weighted by atomic mass is 10.0. The van der Waals surface area contributed by atoms with Crippen molar-refractivity contribution in [2.75, 3.05) is 0 Å². The number of aliphatic hydroxyl groups is 1. The van der Waals surface area contributed by atoms with E-state index in [9.17, 15) is 5.11 Å². The molecule has 0 amide bonds. The number of thiazole rings is 1. The molecule has 0 aromatic carbocycles. The van der Waals surface area contributed by atoms with Gasteiger partial charge in [-0.15, -0.1) is 11.3 Å². The summed E-state index contributed by atoms with van der Waals surface area (Å²) in [5.41, 5.74) is 0. The maximum atomic E-state index is 9.62. The lowest BCUT2D eigenvalue weighted by Gasteiger charge is -2.11. The van der Waals surface area contributed by atoms with Crippen LogP contribution in [0.2, 0.25) is 0 Å². The standard InChI is InChI=1S/C9H12BrNOS/c10-8-5-11-9(13-8)4-6-2-1-3-7(6)12/h5-7,12H,1-4H2. The smallest absolute Gasteiger partial charge is 0.0940 e. The van der Waals surface area contributed by atoms with Crippen molar-refractivity contribution >= 4 is 27.3 Å². The number of aliphatic hydroxyl groups excluding tert-OH is 1. The van der Waals surface area contributed by atoms with E-state index < -0.39 is 0 Å².